The maximum absolute atomic E-state index is 11.8. The molecule has 1 fully saturated rings. The second kappa shape index (κ2) is 5.18. The van der Waals surface area contributed by atoms with E-state index in [1.165, 1.54) is 12.1 Å². The van der Waals surface area contributed by atoms with Crippen molar-refractivity contribution >= 4 is 11.8 Å². The van der Waals surface area contributed by atoms with E-state index in [9.17, 15) is 9.59 Å². The molecule has 0 saturated heterocycles. The van der Waals surface area contributed by atoms with E-state index in [2.05, 4.69) is 5.32 Å². The number of benzene rings is 1. The zero-order valence-electron chi connectivity index (χ0n) is 9.93. The lowest BCUT2D eigenvalue weighted by Gasteiger charge is -2.31. The third-order valence-electron chi connectivity index (χ3n) is 3.19. The number of carbonyl (C=O) groups excluding carboxylic acids is 2. The van der Waals surface area contributed by atoms with Crippen LogP contribution in [0.25, 0.3) is 0 Å². The van der Waals surface area contributed by atoms with Gasteiger partial charge in [0.1, 0.15) is 0 Å². The van der Waals surface area contributed by atoms with Crippen LogP contribution in [0, 0.1) is 5.92 Å². The second-order valence-corrected chi connectivity index (χ2v) is 4.64. The molecule has 1 aromatic rings. The lowest BCUT2D eigenvalue weighted by Crippen LogP contribution is -2.38. The molecule has 4 N–H and O–H groups in total. The van der Waals surface area contributed by atoms with E-state index >= 15 is 0 Å². The van der Waals surface area contributed by atoms with Gasteiger partial charge >= 0.3 is 0 Å². The first-order chi connectivity index (χ1) is 8.56. The molecule has 1 aromatic carbocycles. The molecule has 18 heavy (non-hydrogen) atoms. The lowest BCUT2D eigenvalue weighted by molar-refractivity contribution is 0.0420. The molecular formula is C13H16N2O3. The maximum atomic E-state index is 11.8. The van der Waals surface area contributed by atoms with Gasteiger partial charge in [0, 0.05) is 17.7 Å². The summed E-state index contributed by atoms with van der Waals surface area (Å²) in [6.07, 6.45) is 1.30. The van der Waals surface area contributed by atoms with Crippen molar-refractivity contribution in [2.45, 2.75) is 18.9 Å². The molecular weight excluding hydrogens is 232 g/mol. The molecule has 1 saturated carbocycles. The number of aliphatic hydroxyl groups excluding tert-OH is 1. The Kier molecular flexibility index (Phi) is 3.62. The van der Waals surface area contributed by atoms with E-state index in [1.54, 1.807) is 12.1 Å². The number of hydrogen-bond acceptors (Lipinski definition) is 3. The summed E-state index contributed by atoms with van der Waals surface area (Å²) in [4.78, 5) is 22.6. The van der Waals surface area contributed by atoms with Gasteiger partial charge in [-0.3, -0.25) is 9.59 Å². The Morgan fingerprint density at radius 2 is 1.78 bits per heavy atom. The molecule has 5 nitrogen and oxygen atoms in total. The summed E-state index contributed by atoms with van der Waals surface area (Å²) in [6.45, 7) is 0.577. The van der Waals surface area contributed by atoms with Gasteiger partial charge in [-0.15, -0.1) is 0 Å². The molecule has 96 valence electrons. The summed E-state index contributed by atoms with van der Waals surface area (Å²) in [5.41, 5.74) is 6.00. The number of carbonyl (C=O) groups is 2. The zero-order valence-corrected chi connectivity index (χ0v) is 9.93. The first kappa shape index (κ1) is 12.6. The second-order valence-electron chi connectivity index (χ2n) is 4.64. The summed E-state index contributed by atoms with van der Waals surface area (Å²) >= 11 is 0. The molecule has 0 aromatic heterocycles. The number of amides is 2. The SMILES string of the molecule is NC(=O)c1ccc(C(=O)NCC2CC(O)C2)cc1. The smallest absolute Gasteiger partial charge is 0.251 e. The fraction of sp³-hybridized carbons (Fsp3) is 0.385. The standard InChI is InChI=1S/C13H16N2O3/c14-12(17)9-1-3-10(4-2-9)13(18)15-7-8-5-11(16)6-8/h1-4,8,11,16H,5-7H2,(H2,14,17)(H,15,18). The highest BCUT2D eigenvalue weighted by atomic mass is 16.3. The van der Waals surface area contributed by atoms with Gasteiger partial charge in [0.15, 0.2) is 0 Å². The molecule has 0 aliphatic heterocycles. The molecule has 2 amide bonds. The number of hydrogen-bond donors (Lipinski definition) is 3. The minimum Gasteiger partial charge on any atom is -0.393 e. The third-order valence-corrected chi connectivity index (χ3v) is 3.19. The predicted molar refractivity (Wildman–Crippen MR) is 66.0 cm³/mol. The summed E-state index contributed by atoms with van der Waals surface area (Å²) in [5.74, 6) is -0.313. The molecule has 0 unspecified atom stereocenters. The Morgan fingerprint density at radius 1 is 1.22 bits per heavy atom. The predicted octanol–water partition coefficient (Wildman–Crippen LogP) is 0.286. The normalized spacial score (nSPS) is 22.1. The van der Waals surface area contributed by atoms with Crippen molar-refractivity contribution in [1.82, 2.24) is 5.32 Å². The Bertz CT molecular complexity index is 450. The summed E-state index contributed by atoms with van der Waals surface area (Å²) in [7, 11) is 0. The van der Waals surface area contributed by atoms with Gasteiger partial charge in [-0.25, -0.2) is 0 Å². The molecule has 1 aliphatic rings. The Morgan fingerprint density at radius 3 is 2.28 bits per heavy atom. The fourth-order valence-corrected chi connectivity index (χ4v) is 1.99. The van der Waals surface area contributed by atoms with Crippen molar-refractivity contribution in [3.63, 3.8) is 0 Å². The van der Waals surface area contributed by atoms with Crippen molar-refractivity contribution in [3.05, 3.63) is 35.4 Å². The number of nitrogens with one attached hydrogen (secondary N) is 1. The van der Waals surface area contributed by atoms with E-state index < -0.39 is 5.91 Å². The van der Waals surface area contributed by atoms with Crippen LogP contribution in [0.1, 0.15) is 33.6 Å². The van der Waals surface area contributed by atoms with Crippen LogP contribution in [0.2, 0.25) is 0 Å². The molecule has 0 atom stereocenters. The van der Waals surface area contributed by atoms with E-state index in [4.69, 9.17) is 10.8 Å². The molecule has 1 aliphatic carbocycles. The molecule has 0 heterocycles. The average Bonchev–Trinajstić information content (AvgIpc) is 2.33. The largest absolute Gasteiger partial charge is 0.393 e. The topological polar surface area (TPSA) is 92.4 Å². The molecule has 0 spiro atoms. The third kappa shape index (κ3) is 2.87. The Hall–Kier alpha value is -1.88. The highest BCUT2D eigenvalue weighted by molar-refractivity contribution is 5.97. The number of rotatable bonds is 4. The first-order valence-corrected chi connectivity index (χ1v) is 5.92. The summed E-state index contributed by atoms with van der Waals surface area (Å²) in [5, 5.41) is 11.9. The van der Waals surface area contributed by atoms with Gasteiger partial charge in [0.05, 0.1) is 6.10 Å². The maximum Gasteiger partial charge on any atom is 0.251 e. The Balaban J connectivity index is 1.86. The van der Waals surface area contributed by atoms with Crippen LogP contribution in [-0.2, 0) is 0 Å². The molecule has 2 rings (SSSR count). The number of aliphatic hydroxyl groups is 1. The van der Waals surface area contributed by atoms with Crippen molar-refractivity contribution in [2.75, 3.05) is 6.54 Å². The van der Waals surface area contributed by atoms with E-state index in [-0.39, 0.29) is 12.0 Å². The van der Waals surface area contributed by atoms with Gasteiger partial charge in [-0.2, -0.15) is 0 Å². The van der Waals surface area contributed by atoms with E-state index in [1.807, 2.05) is 0 Å². The number of nitrogens with two attached hydrogens (primary N) is 1. The van der Waals surface area contributed by atoms with Gasteiger partial charge in [-0.1, -0.05) is 0 Å². The Labute approximate surface area is 105 Å². The minimum absolute atomic E-state index is 0.174. The zero-order chi connectivity index (χ0) is 13.1. The summed E-state index contributed by atoms with van der Waals surface area (Å²) < 4.78 is 0. The van der Waals surface area contributed by atoms with Crippen molar-refractivity contribution < 1.29 is 14.7 Å². The van der Waals surface area contributed by atoms with Gasteiger partial charge in [0.25, 0.3) is 5.91 Å². The van der Waals surface area contributed by atoms with Crippen LogP contribution in [0.3, 0.4) is 0 Å². The van der Waals surface area contributed by atoms with Crippen LogP contribution in [0.5, 0.6) is 0 Å². The van der Waals surface area contributed by atoms with Gasteiger partial charge in [-0.05, 0) is 43.0 Å². The molecule has 0 radical (unpaired) electrons. The van der Waals surface area contributed by atoms with Gasteiger partial charge in [0.2, 0.25) is 5.91 Å². The minimum atomic E-state index is -0.509. The highest BCUT2D eigenvalue weighted by Crippen LogP contribution is 2.26. The first-order valence-electron chi connectivity index (χ1n) is 5.92. The van der Waals surface area contributed by atoms with Crippen LogP contribution < -0.4 is 11.1 Å². The van der Waals surface area contributed by atoms with Crippen LogP contribution in [0.15, 0.2) is 24.3 Å². The van der Waals surface area contributed by atoms with E-state index in [0.717, 1.165) is 12.8 Å². The average molecular weight is 248 g/mol. The van der Waals surface area contributed by atoms with Crippen LogP contribution >= 0.6 is 0 Å². The van der Waals surface area contributed by atoms with Gasteiger partial charge < -0.3 is 16.2 Å². The monoisotopic (exact) mass is 248 g/mol. The highest BCUT2D eigenvalue weighted by Gasteiger charge is 2.27. The molecule has 5 heteroatoms. The van der Waals surface area contributed by atoms with Crippen LogP contribution in [-0.4, -0.2) is 29.6 Å². The summed E-state index contributed by atoms with van der Waals surface area (Å²) in [6, 6.07) is 6.21. The fourth-order valence-electron chi connectivity index (χ4n) is 1.99. The quantitative estimate of drug-likeness (QED) is 0.715. The van der Waals surface area contributed by atoms with Crippen molar-refractivity contribution in [3.8, 4) is 0 Å². The molecule has 0 bridgehead atoms. The van der Waals surface area contributed by atoms with Crippen LogP contribution in [0.4, 0.5) is 0 Å². The lowest BCUT2D eigenvalue weighted by atomic mass is 9.82. The van der Waals surface area contributed by atoms with E-state index in [0.29, 0.717) is 23.6 Å². The van der Waals surface area contributed by atoms with Crippen molar-refractivity contribution in [2.24, 2.45) is 11.7 Å². The van der Waals surface area contributed by atoms with Crippen molar-refractivity contribution in [1.29, 1.82) is 0 Å². The number of primary amides is 1.